The molecule has 0 aliphatic heterocycles. The average molecular weight is 186 g/mol. The van der Waals surface area contributed by atoms with Gasteiger partial charge < -0.3 is 9.84 Å². The van der Waals surface area contributed by atoms with Gasteiger partial charge in [-0.25, -0.2) is 0 Å². The topological polar surface area (TPSA) is 29.5 Å². The van der Waals surface area contributed by atoms with Gasteiger partial charge in [-0.1, -0.05) is 19.8 Å². The fourth-order valence-electron chi connectivity index (χ4n) is 1.83. The fraction of sp³-hybridized carbons (Fsp3) is 1.00. The van der Waals surface area contributed by atoms with Gasteiger partial charge in [0, 0.05) is 0 Å². The molecule has 2 nitrogen and oxygen atoms in total. The van der Waals surface area contributed by atoms with Gasteiger partial charge in [-0.3, -0.25) is 0 Å². The van der Waals surface area contributed by atoms with E-state index in [-0.39, 0.29) is 11.7 Å². The molecule has 1 rings (SSSR count). The maximum absolute atomic E-state index is 9.14. The predicted octanol–water partition coefficient (Wildman–Crippen LogP) is 2.50. The second kappa shape index (κ2) is 4.97. The third-order valence-corrected chi connectivity index (χ3v) is 2.88. The molecule has 78 valence electrons. The molecule has 0 aromatic carbocycles. The van der Waals surface area contributed by atoms with Gasteiger partial charge in [0.05, 0.1) is 18.3 Å². The van der Waals surface area contributed by atoms with E-state index in [1.54, 1.807) is 6.92 Å². The van der Waals surface area contributed by atoms with E-state index in [9.17, 15) is 0 Å². The Labute approximate surface area is 81.3 Å². The molecule has 0 heterocycles. The summed E-state index contributed by atoms with van der Waals surface area (Å²) in [5.74, 6) is 0. The SMILES string of the molecule is CCCCC1(OCC(C)O)CCC1. The first-order valence-electron chi connectivity index (χ1n) is 5.50. The van der Waals surface area contributed by atoms with Gasteiger partial charge in [0.15, 0.2) is 0 Å². The summed E-state index contributed by atoms with van der Waals surface area (Å²) in [7, 11) is 0. The summed E-state index contributed by atoms with van der Waals surface area (Å²) in [4.78, 5) is 0. The van der Waals surface area contributed by atoms with Crippen LogP contribution < -0.4 is 0 Å². The Kier molecular flexibility index (Phi) is 4.20. The highest BCUT2D eigenvalue weighted by Crippen LogP contribution is 2.39. The Morgan fingerprint density at radius 2 is 2.15 bits per heavy atom. The molecule has 0 amide bonds. The normalized spacial score (nSPS) is 22.4. The van der Waals surface area contributed by atoms with Crippen molar-refractivity contribution in [2.45, 2.75) is 64.1 Å². The Morgan fingerprint density at radius 3 is 2.54 bits per heavy atom. The molecular weight excluding hydrogens is 164 g/mol. The summed E-state index contributed by atoms with van der Waals surface area (Å²) in [5, 5.41) is 9.14. The van der Waals surface area contributed by atoms with E-state index in [4.69, 9.17) is 9.84 Å². The number of ether oxygens (including phenoxy) is 1. The lowest BCUT2D eigenvalue weighted by atomic mass is 9.76. The van der Waals surface area contributed by atoms with Crippen LogP contribution in [0.15, 0.2) is 0 Å². The Balaban J connectivity index is 2.23. The second-order valence-corrected chi connectivity index (χ2v) is 4.30. The van der Waals surface area contributed by atoms with Gasteiger partial charge in [-0.05, 0) is 32.6 Å². The monoisotopic (exact) mass is 186 g/mol. The van der Waals surface area contributed by atoms with Crippen LogP contribution >= 0.6 is 0 Å². The van der Waals surface area contributed by atoms with Crippen LogP contribution in [0.5, 0.6) is 0 Å². The number of aliphatic hydroxyl groups is 1. The van der Waals surface area contributed by atoms with E-state index >= 15 is 0 Å². The van der Waals surface area contributed by atoms with Crippen molar-refractivity contribution in [2.24, 2.45) is 0 Å². The summed E-state index contributed by atoms with van der Waals surface area (Å²) in [6.45, 7) is 4.50. The molecule has 1 fully saturated rings. The van der Waals surface area contributed by atoms with Gasteiger partial charge >= 0.3 is 0 Å². The van der Waals surface area contributed by atoms with E-state index in [0.29, 0.717) is 6.61 Å². The van der Waals surface area contributed by atoms with E-state index in [1.165, 1.54) is 38.5 Å². The standard InChI is InChI=1S/C11H22O2/c1-3-4-6-11(7-5-8-11)13-9-10(2)12/h10,12H,3-9H2,1-2H3. The van der Waals surface area contributed by atoms with E-state index in [2.05, 4.69) is 6.92 Å². The van der Waals surface area contributed by atoms with Gasteiger partial charge in [0.25, 0.3) is 0 Å². The van der Waals surface area contributed by atoms with Gasteiger partial charge in [0.1, 0.15) is 0 Å². The first-order valence-corrected chi connectivity index (χ1v) is 5.50. The molecule has 1 saturated carbocycles. The molecule has 1 N–H and O–H groups in total. The fourth-order valence-corrected chi connectivity index (χ4v) is 1.83. The summed E-state index contributed by atoms with van der Waals surface area (Å²) < 4.78 is 5.78. The summed E-state index contributed by atoms with van der Waals surface area (Å²) in [6, 6.07) is 0. The minimum absolute atomic E-state index is 0.146. The van der Waals surface area contributed by atoms with Crippen molar-refractivity contribution in [1.82, 2.24) is 0 Å². The average Bonchev–Trinajstić information content (AvgIpc) is 2.02. The second-order valence-electron chi connectivity index (χ2n) is 4.30. The molecule has 1 atom stereocenters. The molecule has 0 aromatic rings. The Morgan fingerprint density at radius 1 is 1.46 bits per heavy atom. The van der Waals surface area contributed by atoms with Crippen LogP contribution in [0.4, 0.5) is 0 Å². The number of rotatable bonds is 6. The molecule has 2 heteroatoms. The molecule has 1 unspecified atom stereocenters. The lowest BCUT2D eigenvalue weighted by Gasteiger charge is -2.42. The number of unbranched alkanes of at least 4 members (excludes halogenated alkanes) is 1. The van der Waals surface area contributed by atoms with Crippen LogP contribution in [0.1, 0.15) is 52.4 Å². The number of hydrogen-bond acceptors (Lipinski definition) is 2. The third-order valence-electron chi connectivity index (χ3n) is 2.88. The zero-order valence-corrected chi connectivity index (χ0v) is 8.88. The molecule has 0 saturated heterocycles. The molecule has 0 radical (unpaired) electrons. The molecule has 0 bridgehead atoms. The molecule has 1 aliphatic rings. The van der Waals surface area contributed by atoms with Crippen molar-refractivity contribution >= 4 is 0 Å². The summed E-state index contributed by atoms with van der Waals surface area (Å²) in [6.07, 6.45) is 7.03. The summed E-state index contributed by atoms with van der Waals surface area (Å²) in [5.41, 5.74) is 0.146. The highest BCUT2D eigenvalue weighted by Gasteiger charge is 2.37. The van der Waals surface area contributed by atoms with Crippen molar-refractivity contribution in [2.75, 3.05) is 6.61 Å². The first kappa shape index (κ1) is 11.0. The molecule has 1 aliphatic carbocycles. The molecule has 0 aromatic heterocycles. The van der Waals surface area contributed by atoms with E-state index < -0.39 is 0 Å². The molecular formula is C11H22O2. The van der Waals surface area contributed by atoms with Crippen molar-refractivity contribution in [3.05, 3.63) is 0 Å². The van der Waals surface area contributed by atoms with Gasteiger partial charge in [-0.2, -0.15) is 0 Å². The minimum Gasteiger partial charge on any atom is -0.391 e. The van der Waals surface area contributed by atoms with Crippen molar-refractivity contribution in [3.63, 3.8) is 0 Å². The quantitative estimate of drug-likeness (QED) is 0.690. The van der Waals surface area contributed by atoms with Crippen LogP contribution in [0.25, 0.3) is 0 Å². The van der Waals surface area contributed by atoms with Crippen LogP contribution in [-0.4, -0.2) is 23.4 Å². The minimum atomic E-state index is -0.320. The van der Waals surface area contributed by atoms with Crippen LogP contribution in [0.2, 0.25) is 0 Å². The first-order chi connectivity index (χ1) is 6.18. The Bertz CT molecular complexity index is 139. The van der Waals surface area contributed by atoms with Crippen molar-refractivity contribution in [1.29, 1.82) is 0 Å². The zero-order chi connectivity index (χ0) is 9.73. The third kappa shape index (κ3) is 3.28. The van der Waals surface area contributed by atoms with Crippen molar-refractivity contribution in [3.8, 4) is 0 Å². The lowest BCUT2D eigenvalue weighted by molar-refractivity contribution is -0.126. The maximum atomic E-state index is 9.14. The highest BCUT2D eigenvalue weighted by molar-refractivity contribution is 4.89. The van der Waals surface area contributed by atoms with Crippen LogP contribution in [0, 0.1) is 0 Å². The highest BCUT2D eigenvalue weighted by atomic mass is 16.5. The zero-order valence-electron chi connectivity index (χ0n) is 8.88. The maximum Gasteiger partial charge on any atom is 0.0745 e. The van der Waals surface area contributed by atoms with Crippen LogP contribution in [0.3, 0.4) is 0 Å². The number of aliphatic hydroxyl groups excluding tert-OH is 1. The largest absolute Gasteiger partial charge is 0.391 e. The van der Waals surface area contributed by atoms with Crippen molar-refractivity contribution < 1.29 is 9.84 Å². The smallest absolute Gasteiger partial charge is 0.0745 e. The van der Waals surface area contributed by atoms with E-state index in [1.807, 2.05) is 0 Å². The predicted molar refractivity (Wildman–Crippen MR) is 53.7 cm³/mol. The lowest BCUT2D eigenvalue weighted by Crippen LogP contribution is -2.41. The Hall–Kier alpha value is -0.0800. The number of hydrogen-bond donors (Lipinski definition) is 1. The summed E-state index contributed by atoms with van der Waals surface area (Å²) >= 11 is 0. The van der Waals surface area contributed by atoms with Gasteiger partial charge in [0.2, 0.25) is 0 Å². The van der Waals surface area contributed by atoms with E-state index in [0.717, 1.165) is 0 Å². The van der Waals surface area contributed by atoms with Gasteiger partial charge in [-0.15, -0.1) is 0 Å². The molecule has 0 spiro atoms. The molecule has 13 heavy (non-hydrogen) atoms. The van der Waals surface area contributed by atoms with Crippen LogP contribution in [-0.2, 0) is 4.74 Å².